The third kappa shape index (κ3) is 5.54. The van der Waals surface area contributed by atoms with Crippen molar-refractivity contribution in [3.05, 3.63) is 36.2 Å². The summed E-state index contributed by atoms with van der Waals surface area (Å²) in [5.74, 6) is 1.68. The molecular formula is C18H25ClN4O2. The van der Waals surface area contributed by atoms with Crippen LogP contribution >= 0.6 is 12.4 Å². The van der Waals surface area contributed by atoms with Crippen molar-refractivity contribution >= 4 is 18.3 Å². The second-order valence-electron chi connectivity index (χ2n) is 6.35. The van der Waals surface area contributed by atoms with Crippen LogP contribution in [0.4, 0.5) is 0 Å². The van der Waals surface area contributed by atoms with E-state index in [1.807, 2.05) is 37.3 Å². The van der Waals surface area contributed by atoms with Crippen molar-refractivity contribution in [2.24, 2.45) is 5.92 Å². The summed E-state index contributed by atoms with van der Waals surface area (Å²) in [4.78, 5) is 16.5. The molecule has 1 aliphatic heterocycles. The van der Waals surface area contributed by atoms with E-state index in [2.05, 4.69) is 20.8 Å². The molecule has 0 bridgehead atoms. The number of amides is 1. The molecule has 0 radical (unpaired) electrons. The molecule has 7 heteroatoms. The van der Waals surface area contributed by atoms with Crippen molar-refractivity contribution in [3.8, 4) is 11.5 Å². The van der Waals surface area contributed by atoms with Gasteiger partial charge in [-0.05, 0) is 57.3 Å². The Hall–Kier alpha value is -1.92. The first-order chi connectivity index (χ1) is 11.7. The fourth-order valence-corrected chi connectivity index (χ4v) is 2.99. The number of piperidine rings is 1. The normalized spacial score (nSPS) is 16.0. The van der Waals surface area contributed by atoms with Gasteiger partial charge in [-0.25, -0.2) is 0 Å². The summed E-state index contributed by atoms with van der Waals surface area (Å²) >= 11 is 0. The van der Waals surface area contributed by atoms with Crippen molar-refractivity contribution in [2.45, 2.75) is 38.6 Å². The van der Waals surface area contributed by atoms with Gasteiger partial charge in [0.1, 0.15) is 0 Å². The number of halogens is 1. The molecule has 1 amide bonds. The van der Waals surface area contributed by atoms with Crippen LogP contribution in [0.15, 0.2) is 34.9 Å². The molecule has 6 nitrogen and oxygen atoms in total. The SMILES string of the molecule is CC(NC(=O)CCC1CCNCC1)c1noc(-c2ccccc2)n1.Cl. The smallest absolute Gasteiger partial charge is 0.257 e. The van der Waals surface area contributed by atoms with Gasteiger partial charge in [0.25, 0.3) is 5.89 Å². The molecule has 0 spiro atoms. The van der Waals surface area contributed by atoms with E-state index in [0.29, 0.717) is 24.1 Å². The lowest BCUT2D eigenvalue weighted by Crippen LogP contribution is -2.30. The molecule has 0 saturated carbocycles. The molecule has 2 N–H and O–H groups in total. The Balaban J connectivity index is 0.00000225. The lowest BCUT2D eigenvalue weighted by molar-refractivity contribution is -0.122. The molecule has 1 saturated heterocycles. The Labute approximate surface area is 154 Å². The van der Waals surface area contributed by atoms with E-state index >= 15 is 0 Å². The Morgan fingerprint density at radius 3 is 2.76 bits per heavy atom. The van der Waals surface area contributed by atoms with Crippen molar-refractivity contribution in [1.82, 2.24) is 20.8 Å². The standard InChI is InChI=1S/C18H24N4O2.ClH/c1-13(20-16(23)8-7-14-9-11-19-12-10-14)17-21-18(24-22-17)15-5-3-2-4-6-15;/h2-6,13-14,19H,7-12H2,1H3,(H,20,23);1H. The molecule has 2 aromatic rings. The summed E-state index contributed by atoms with van der Waals surface area (Å²) in [6.45, 7) is 4.00. The number of carbonyl (C=O) groups is 1. The minimum atomic E-state index is -0.258. The second-order valence-corrected chi connectivity index (χ2v) is 6.35. The second kappa shape index (κ2) is 9.53. The number of aromatic nitrogens is 2. The number of hydrogen-bond donors (Lipinski definition) is 2. The van der Waals surface area contributed by atoms with Gasteiger partial charge in [0.2, 0.25) is 5.91 Å². The maximum Gasteiger partial charge on any atom is 0.257 e. The predicted molar refractivity (Wildman–Crippen MR) is 98.4 cm³/mol. The number of hydrogen-bond acceptors (Lipinski definition) is 5. The van der Waals surface area contributed by atoms with E-state index in [-0.39, 0.29) is 24.4 Å². The van der Waals surface area contributed by atoms with Crippen LogP contribution in [0.25, 0.3) is 11.5 Å². The average Bonchev–Trinajstić information content (AvgIpc) is 3.12. The first kappa shape index (κ1) is 19.4. The highest BCUT2D eigenvalue weighted by Crippen LogP contribution is 2.20. The zero-order valence-electron chi connectivity index (χ0n) is 14.4. The lowest BCUT2D eigenvalue weighted by atomic mass is 9.93. The molecule has 1 aromatic carbocycles. The average molecular weight is 365 g/mol. The van der Waals surface area contributed by atoms with Gasteiger partial charge in [-0.15, -0.1) is 12.4 Å². The molecule has 2 heterocycles. The van der Waals surface area contributed by atoms with E-state index in [0.717, 1.165) is 37.9 Å². The fraction of sp³-hybridized carbons (Fsp3) is 0.500. The lowest BCUT2D eigenvalue weighted by Gasteiger charge is -2.22. The van der Waals surface area contributed by atoms with Crippen LogP contribution in [0.3, 0.4) is 0 Å². The summed E-state index contributed by atoms with van der Waals surface area (Å²) < 4.78 is 5.29. The van der Waals surface area contributed by atoms with E-state index in [1.54, 1.807) is 0 Å². The van der Waals surface area contributed by atoms with Crippen LogP contribution < -0.4 is 10.6 Å². The first-order valence-electron chi connectivity index (χ1n) is 8.61. The summed E-state index contributed by atoms with van der Waals surface area (Å²) in [5, 5.41) is 10.3. The Bertz CT molecular complexity index is 656. The van der Waals surface area contributed by atoms with Crippen molar-refractivity contribution < 1.29 is 9.32 Å². The van der Waals surface area contributed by atoms with Crippen molar-refractivity contribution in [2.75, 3.05) is 13.1 Å². The fourth-order valence-electron chi connectivity index (χ4n) is 2.99. The van der Waals surface area contributed by atoms with Gasteiger partial charge in [-0.1, -0.05) is 23.4 Å². The monoisotopic (exact) mass is 364 g/mol. The summed E-state index contributed by atoms with van der Waals surface area (Å²) in [6, 6.07) is 9.35. The highest BCUT2D eigenvalue weighted by molar-refractivity contribution is 5.85. The van der Waals surface area contributed by atoms with Crippen LogP contribution in [0.1, 0.15) is 44.5 Å². The number of rotatable bonds is 6. The van der Waals surface area contributed by atoms with E-state index < -0.39 is 0 Å². The molecule has 1 atom stereocenters. The number of nitrogens with one attached hydrogen (secondary N) is 2. The summed E-state index contributed by atoms with van der Waals surface area (Å²) in [6.07, 6.45) is 3.82. The van der Waals surface area contributed by atoms with Gasteiger partial charge in [-0.3, -0.25) is 4.79 Å². The highest BCUT2D eigenvalue weighted by Gasteiger charge is 2.18. The molecule has 1 unspecified atom stereocenters. The quantitative estimate of drug-likeness (QED) is 0.823. The molecule has 3 rings (SSSR count). The van der Waals surface area contributed by atoms with Gasteiger partial charge < -0.3 is 15.2 Å². The van der Waals surface area contributed by atoms with Crippen LogP contribution in [0.2, 0.25) is 0 Å². The van der Waals surface area contributed by atoms with Crippen LogP contribution in [-0.4, -0.2) is 29.1 Å². The molecule has 0 aliphatic carbocycles. The van der Waals surface area contributed by atoms with Crippen molar-refractivity contribution in [3.63, 3.8) is 0 Å². The molecular weight excluding hydrogens is 340 g/mol. The highest BCUT2D eigenvalue weighted by atomic mass is 35.5. The van der Waals surface area contributed by atoms with Gasteiger partial charge in [0.15, 0.2) is 5.82 Å². The van der Waals surface area contributed by atoms with E-state index in [1.165, 1.54) is 0 Å². The first-order valence-corrected chi connectivity index (χ1v) is 8.61. The van der Waals surface area contributed by atoms with Crippen LogP contribution in [0.5, 0.6) is 0 Å². The topological polar surface area (TPSA) is 80.0 Å². The van der Waals surface area contributed by atoms with Crippen molar-refractivity contribution in [1.29, 1.82) is 0 Å². The third-order valence-corrected chi connectivity index (χ3v) is 4.47. The third-order valence-electron chi connectivity index (χ3n) is 4.47. The predicted octanol–water partition coefficient (Wildman–Crippen LogP) is 3.12. The van der Waals surface area contributed by atoms with Gasteiger partial charge in [0, 0.05) is 12.0 Å². The zero-order valence-corrected chi connectivity index (χ0v) is 15.2. The summed E-state index contributed by atoms with van der Waals surface area (Å²) in [5.41, 5.74) is 0.876. The maximum atomic E-state index is 12.1. The van der Waals surface area contributed by atoms with E-state index in [9.17, 15) is 4.79 Å². The molecule has 25 heavy (non-hydrogen) atoms. The Kier molecular flexibility index (Phi) is 7.40. The minimum absolute atomic E-state index is 0. The van der Waals surface area contributed by atoms with Crippen LogP contribution in [-0.2, 0) is 4.79 Å². The minimum Gasteiger partial charge on any atom is -0.346 e. The molecule has 1 aromatic heterocycles. The largest absolute Gasteiger partial charge is 0.346 e. The Morgan fingerprint density at radius 2 is 2.04 bits per heavy atom. The zero-order chi connectivity index (χ0) is 16.8. The number of nitrogens with zero attached hydrogens (tertiary/aromatic N) is 2. The van der Waals surface area contributed by atoms with Gasteiger partial charge in [0.05, 0.1) is 6.04 Å². The molecule has 1 aliphatic rings. The maximum absolute atomic E-state index is 12.1. The number of benzene rings is 1. The van der Waals surface area contributed by atoms with Crippen LogP contribution in [0, 0.1) is 5.92 Å². The summed E-state index contributed by atoms with van der Waals surface area (Å²) in [7, 11) is 0. The van der Waals surface area contributed by atoms with Gasteiger partial charge >= 0.3 is 0 Å². The Morgan fingerprint density at radius 1 is 1.32 bits per heavy atom. The molecule has 1 fully saturated rings. The van der Waals surface area contributed by atoms with Gasteiger partial charge in [-0.2, -0.15) is 4.98 Å². The van der Waals surface area contributed by atoms with E-state index in [4.69, 9.17) is 4.52 Å². The molecule has 136 valence electrons. The number of carbonyl (C=O) groups excluding carboxylic acids is 1.